The van der Waals surface area contributed by atoms with E-state index in [0.29, 0.717) is 0 Å². The summed E-state index contributed by atoms with van der Waals surface area (Å²) in [7, 11) is 0. The smallest absolute Gasteiger partial charge is 0.356 e. The molecule has 1 aromatic heterocycles. The zero-order valence-electron chi connectivity index (χ0n) is 7.54. The molecular formula is C8H6Cl2N2O3. The minimum atomic E-state index is -1.31. The minimum Gasteiger partial charge on any atom is -0.476 e. The van der Waals surface area contributed by atoms with Gasteiger partial charge in [-0.15, -0.1) is 0 Å². The molecule has 2 N–H and O–H groups in total. The van der Waals surface area contributed by atoms with Crippen LogP contribution in [0.2, 0.25) is 10.2 Å². The summed E-state index contributed by atoms with van der Waals surface area (Å²) in [6.07, 6.45) is 0. The number of amides is 1. The van der Waals surface area contributed by atoms with Crippen molar-refractivity contribution in [3.05, 3.63) is 21.9 Å². The molecule has 0 bridgehead atoms. The summed E-state index contributed by atoms with van der Waals surface area (Å²) < 4.78 is 0. The van der Waals surface area contributed by atoms with E-state index in [4.69, 9.17) is 28.3 Å². The second kappa shape index (κ2) is 4.46. The Morgan fingerprint density at radius 2 is 2.07 bits per heavy atom. The largest absolute Gasteiger partial charge is 0.476 e. The van der Waals surface area contributed by atoms with Crippen molar-refractivity contribution in [2.45, 2.75) is 6.92 Å². The van der Waals surface area contributed by atoms with Crippen LogP contribution in [0.25, 0.3) is 0 Å². The van der Waals surface area contributed by atoms with E-state index in [-0.39, 0.29) is 21.8 Å². The average molecular weight is 249 g/mol. The van der Waals surface area contributed by atoms with Crippen molar-refractivity contribution in [1.29, 1.82) is 0 Å². The highest BCUT2D eigenvalue weighted by atomic mass is 35.5. The number of carbonyl (C=O) groups excluding carboxylic acids is 1. The van der Waals surface area contributed by atoms with E-state index in [0.717, 1.165) is 0 Å². The van der Waals surface area contributed by atoms with Crippen LogP contribution in [0.5, 0.6) is 0 Å². The molecule has 1 heterocycles. The van der Waals surface area contributed by atoms with E-state index >= 15 is 0 Å². The third-order valence-corrected chi connectivity index (χ3v) is 2.02. The Balaban J connectivity index is 3.28. The van der Waals surface area contributed by atoms with Gasteiger partial charge in [-0.05, 0) is 0 Å². The van der Waals surface area contributed by atoms with Crippen molar-refractivity contribution in [2.24, 2.45) is 0 Å². The standard InChI is InChI=1S/C8H6Cl2N2O3/c1-3(13)11-4-2-5(9)12-7(6(4)10)8(14)15/h2H,1H3,(H,14,15)(H,11,12,13). The molecule has 0 aliphatic carbocycles. The van der Waals surface area contributed by atoms with E-state index in [1.807, 2.05) is 0 Å². The van der Waals surface area contributed by atoms with Crippen molar-refractivity contribution >= 4 is 40.8 Å². The van der Waals surface area contributed by atoms with Crippen LogP contribution in [0.15, 0.2) is 6.07 Å². The summed E-state index contributed by atoms with van der Waals surface area (Å²) in [4.78, 5) is 25.0. The highest BCUT2D eigenvalue weighted by molar-refractivity contribution is 6.37. The molecule has 7 heteroatoms. The molecular weight excluding hydrogens is 243 g/mol. The summed E-state index contributed by atoms with van der Waals surface area (Å²) in [5, 5.41) is 10.9. The van der Waals surface area contributed by atoms with E-state index in [9.17, 15) is 9.59 Å². The first kappa shape index (κ1) is 11.7. The molecule has 0 atom stereocenters. The molecule has 0 fully saturated rings. The third-order valence-electron chi connectivity index (χ3n) is 1.44. The normalized spacial score (nSPS) is 9.80. The maximum absolute atomic E-state index is 10.8. The number of aromatic nitrogens is 1. The highest BCUT2D eigenvalue weighted by Crippen LogP contribution is 2.27. The fourth-order valence-electron chi connectivity index (χ4n) is 0.920. The van der Waals surface area contributed by atoms with Gasteiger partial charge in [0.15, 0.2) is 5.69 Å². The molecule has 1 rings (SSSR count). The third kappa shape index (κ3) is 2.81. The maximum Gasteiger partial charge on any atom is 0.356 e. The van der Waals surface area contributed by atoms with Gasteiger partial charge in [0.2, 0.25) is 5.91 Å². The van der Waals surface area contributed by atoms with Crippen molar-refractivity contribution in [2.75, 3.05) is 5.32 Å². The lowest BCUT2D eigenvalue weighted by atomic mass is 10.3. The number of hydrogen-bond acceptors (Lipinski definition) is 3. The first-order valence-corrected chi connectivity index (χ1v) is 4.54. The highest BCUT2D eigenvalue weighted by Gasteiger charge is 2.16. The maximum atomic E-state index is 10.8. The molecule has 0 spiro atoms. The fourth-order valence-corrected chi connectivity index (χ4v) is 1.34. The quantitative estimate of drug-likeness (QED) is 0.786. The fraction of sp³-hybridized carbons (Fsp3) is 0.125. The molecule has 15 heavy (non-hydrogen) atoms. The van der Waals surface area contributed by atoms with Gasteiger partial charge in [-0.1, -0.05) is 23.2 Å². The molecule has 0 aliphatic heterocycles. The Hall–Kier alpha value is -1.33. The van der Waals surface area contributed by atoms with E-state index < -0.39 is 11.7 Å². The van der Waals surface area contributed by atoms with E-state index in [1.165, 1.54) is 13.0 Å². The monoisotopic (exact) mass is 248 g/mol. The average Bonchev–Trinajstić information content (AvgIpc) is 2.09. The van der Waals surface area contributed by atoms with Crippen LogP contribution in [0, 0.1) is 0 Å². The van der Waals surface area contributed by atoms with Gasteiger partial charge >= 0.3 is 5.97 Å². The van der Waals surface area contributed by atoms with Gasteiger partial charge < -0.3 is 10.4 Å². The number of nitrogens with zero attached hydrogens (tertiary/aromatic N) is 1. The van der Waals surface area contributed by atoms with Crippen LogP contribution >= 0.6 is 23.2 Å². The number of carboxylic acids is 1. The van der Waals surface area contributed by atoms with Crippen LogP contribution in [-0.2, 0) is 4.79 Å². The number of rotatable bonds is 2. The summed E-state index contributed by atoms with van der Waals surface area (Å²) in [5.41, 5.74) is -0.269. The van der Waals surface area contributed by atoms with Crippen molar-refractivity contribution in [3.63, 3.8) is 0 Å². The summed E-state index contributed by atoms with van der Waals surface area (Å²) in [5.74, 6) is -1.69. The second-order valence-corrected chi connectivity index (χ2v) is 3.41. The molecule has 0 aliphatic rings. The van der Waals surface area contributed by atoms with Crippen molar-refractivity contribution in [3.8, 4) is 0 Å². The molecule has 5 nitrogen and oxygen atoms in total. The number of anilines is 1. The van der Waals surface area contributed by atoms with Crippen LogP contribution in [-0.4, -0.2) is 22.0 Å². The first-order chi connectivity index (χ1) is 6.91. The van der Waals surface area contributed by atoms with Crippen LogP contribution in [0.4, 0.5) is 5.69 Å². The summed E-state index contributed by atoms with van der Waals surface area (Å²) >= 11 is 11.3. The van der Waals surface area contributed by atoms with Crippen LogP contribution in [0.1, 0.15) is 17.4 Å². The zero-order valence-corrected chi connectivity index (χ0v) is 9.06. The lowest BCUT2D eigenvalue weighted by Crippen LogP contribution is -2.10. The van der Waals surface area contributed by atoms with E-state index in [2.05, 4.69) is 10.3 Å². The minimum absolute atomic E-state index is 0.0550. The molecule has 0 saturated heterocycles. The lowest BCUT2D eigenvalue weighted by Gasteiger charge is -2.07. The van der Waals surface area contributed by atoms with Gasteiger partial charge in [-0.25, -0.2) is 9.78 Å². The van der Waals surface area contributed by atoms with Gasteiger partial charge in [0.1, 0.15) is 5.15 Å². The lowest BCUT2D eigenvalue weighted by molar-refractivity contribution is -0.114. The number of carboxylic acid groups (broad SMARTS) is 1. The molecule has 0 radical (unpaired) electrons. The van der Waals surface area contributed by atoms with Gasteiger partial charge in [0.25, 0.3) is 0 Å². The number of carbonyl (C=O) groups is 2. The molecule has 0 unspecified atom stereocenters. The predicted octanol–water partition coefficient (Wildman–Crippen LogP) is 2.04. The number of nitrogens with one attached hydrogen (secondary N) is 1. The number of pyridine rings is 1. The molecule has 80 valence electrons. The zero-order chi connectivity index (χ0) is 11.6. The number of aromatic carboxylic acids is 1. The first-order valence-electron chi connectivity index (χ1n) is 3.78. The Morgan fingerprint density at radius 1 is 1.47 bits per heavy atom. The van der Waals surface area contributed by atoms with Gasteiger partial charge in [-0.2, -0.15) is 0 Å². The van der Waals surface area contributed by atoms with Crippen molar-refractivity contribution in [1.82, 2.24) is 4.98 Å². The molecule has 1 aromatic rings. The van der Waals surface area contributed by atoms with Crippen LogP contribution in [0.3, 0.4) is 0 Å². The molecule has 0 aromatic carbocycles. The second-order valence-electron chi connectivity index (χ2n) is 2.64. The van der Waals surface area contributed by atoms with Crippen LogP contribution < -0.4 is 5.32 Å². The SMILES string of the molecule is CC(=O)Nc1cc(Cl)nc(C(=O)O)c1Cl. The predicted molar refractivity (Wildman–Crippen MR) is 55.5 cm³/mol. The Kier molecular flexibility index (Phi) is 3.49. The van der Waals surface area contributed by atoms with Gasteiger partial charge in [0.05, 0.1) is 10.7 Å². The number of hydrogen-bond donors (Lipinski definition) is 2. The Bertz CT molecular complexity index is 434. The Labute approximate surface area is 95.0 Å². The Morgan fingerprint density at radius 3 is 2.53 bits per heavy atom. The van der Waals surface area contributed by atoms with Crippen molar-refractivity contribution < 1.29 is 14.7 Å². The topological polar surface area (TPSA) is 79.3 Å². The summed E-state index contributed by atoms with van der Waals surface area (Å²) in [6.45, 7) is 1.27. The number of halogens is 2. The molecule has 0 saturated carbocycles. The van der Waals surface area contributed by atoms with Gasteiger partial charge in [-0.3, -0.25) is 4.79 Å². The van der Waals surface area contributed by atoms with Gasteiger partial charge in [0, 0.05) is 13.0 Å². The summed E-state index contributed by atoms with van der Waals surface area (Å²) in [6, 6.07) is 1.28. The van der Waals surface area contributed by atoms with E-state index in [1.54, 1.807) is 0 Å². The molecule has 1 amide bonds.